The Kier molecular flexibility index (Phi) is 6.02. The number of nitrogens with one attached hydrogen (secondary N) is 1. The minimum atomic E-state index is -4.37. The fraction of sp³-hybridized carbons (Fsp3) is 0.625. The standard InChI is InChI=1S/C16H23F3N2O2/c1-15(22,12-21-6-8-23-9-7-21)11-20-10-13-4-2-3-5-14(13)16(17,18)19/h2-5,20,22H,6-12H2,1H3. The van der Waals surface area contributed by atoms with E-state index in [-0.39, 0.29) is 18.7 Å². The number of alkyl halides is 3. The monoisotopic (exact) mass is 332 g/mol. The van der Waals surface area contributed by atoms with Crippen molar-refractivity contribution in [1.82, 2.24) is 10.2 Å². The van der Waals surface area contributed by atoms with Gasteiger partial charge in [0.25, 0.3) is 0 Å². The Labute approximate surface area is 134 Å². The fourth-order valence-electron chi connectivity index (χ4n) is 2.71. The molecule has 4 nitrogen and oxygen atoms in total. The largest absolute Gasteiger partial charge is 0.416 e. The van der Waals surface area contributed by atoms with E-state index in [1.807, 2.05) is 0 Å². The molecule has 0 saturated carbocycles. The van der Waals surface area contributed by atoms with Gasteiger partial charge in [0.15, 0.2) is 0 Å². The summed E-state index contributed by atoms with van der Waals surface area (Å²) in [6, 6.07) is 5.48. The van der Waals surface area contributed by atoms with Crippen molar-refractivity contribution in [3.05, 3.63) is 35.4 Å². The van der Waals surface area contributed by atoms with Gasteiger partial charge >= 0.3 is 6.18 Å². The highest BCUT2D eigenvalue weighted by molar-refractivity contribution is 5.29. The van der Waals surface area contributed by atoms with Crippen LogP contribution in [0.1, 0.15) is 18.1 Å². The third-order valence-electron chi connectivity index (χ3n) is 3.81. The molecule has 130 valence electrons. The van der Waals surface area contributed by atoms with Crippen molar-refractivity contribution in [1.29, 1.82) is 0 Å². The third-order valence-corrected chi connectivity index (χ3v) is 3.81. The first-order chi connectivity index (χ1) is 10.8. The van der Waals surface area contributed by atoms with E-state index >= 15 is 0 Å². The number of hydrogen-bond acceptors (Lipinski definition) is 4. The lowest BCUT2D eigenvalue weighted by atomic mass is 10.0. The molecule has 1 atom stereocenters. The summed E-state index contributed by atoms with van der Waals surface area (Å²) in [5, 5.41) is 13.3. The molecule has 2 rings (SSSR count). The van der Waals surface area contributed by atoms with E-state index in [4.69, 9.17) is 4.74 Å². The molecule has 1 unspecified atom stereocenters. The average Bonchev–Trinajstić information content (AvgIpc) is 2.47. The molecule has 0 spiro atoms. The van der Waals surface area contributed by atoms with Gasteiger partial charge in [0.05, 0.1) is 24.4 Å². The first-order valence-electron chi connectivity index (χ1n) is 7.66. The number of benzene rings is 1. The number of nitrogens with zero attached hydrogens (tertiary/aromatic N) is 1. The maximum Gasteiger partial charge on any atom is 0.416 e. The van der Waals surface area contributed by atoms with Gasteiger partial charge in [-0.3, -0.25) is 4.90 Å². The van der Waals surface area contributed by atoms with Crippen LogP contribution < -0.4 is 5.32 Å². The quantitative estimate of drug-likeness (QED) is 0.835. The molecule has 23 heavy (non-hydrogen) atoms. The van der Waals surface area contributed by atoms with E-state index in [9.17, 15) is 18.3 Å². The molecule has 1 aromatic carbocycles. The predicted octanol–water partition coefficient (Wildman–Crippen LogP) is 1.88. The van der Waals surface area contributed by atoms with Crippen molar-refractivity contribution in [2.24, 2.45) is 0 Å². The number of hydrogen-bond donors (Lipinski definition) is 2. The molecule has 1 aliphatic heterocycles. The second-order valence-corrected chi connectivity index (χ2v) is 6.14. The van der Waals surface area contributed by atoms with Gasteiger partial charge in [0.1, 0.15) is 0 Å². The molecule has 1 aliphatic rings. The first-order valence-corrected chi connectivity index (χ1v) is 7.66. The number of aliphatic hydroxyl groups is 1. The van der Waals surface area contributed by atoms with Crippen LogP contribution in [0.5, 0.6) is 0 Å². The molecular formula is C16H23F3N2O2. The van der Waals surface area contributed by atoms with Gasteiger partial charge in [-0.15, -0.1) is 0 Å². The first kappa shape index (κ1) is 18.2. The molecule has 0 aromatic heterocycles. The topological polar surface area (TPSA) is 44.7 Å². The highest BCUT2D eigenvalue weighted by atomic mass is 19.4. The molecule has 1 heterocycles. The Morgan fingerprint density at radius 1 is 1.22 bits per heavy atom. The van der Waals surface area contributed by atoms with Crippen LogP contribution in [0.15, 0.2) is 24.3 Å². The zero-order valence-corrected chi connectivity index (χ0v) is 13.2. The second kappa shape index (κ2) is 7.61. The van der Waals surface area contributed by atoms with Gasteiger partial charge in [-0.25, -0.2) is 0 Å². The number of β-amino-alcohol motifs (C(OH)–C–C–N with tert-alkyl or cyclic N) is 1. The lowest BCUT2D eigenvalue weighted by Gasteiger charge is -2.34. The summed E-state index contributed by atoms with van der Waals surface area (Å²) in [5.41, 5.74) is -1.47. The van der Waals surface area contributed by atoms with Gasteiger partial charge in [0.2, 0.25) is 0 Å². The smallest absolute Gasteiger partial charge is 0.388 e. The SMILES string of the molecule is CC(O)(CNCc1ccccc1C(F)(F)F)CN1CCOCC1. The van der Waals surface area contributed by atoms with Crippen molar-refractivity contribution in [2.75, 3.05) is 39.4 Å². The molecule has 7 heteroatoms. The van der Waals surface area contributed by atoms with Crippen LogP contribution in [-0.2, 0) is 17.5 Å². The molecule has 1 fully saturated rings. The summed E-state index contributed by atoms with van der Waals surface area (Å²) < 4.78 is 44.0. The number of halogens is 3. The van der Waals surface area contributed by atoms with Crippen LogP contribution in [-0.4, -0.2) is 55.0 Å². The van der Waals surface area contributed by atoms with Crippen LogP contribution in [0.25, 0.3) is 0 Å². The third kappa shape index (κ3) is 5.76. The highest BCUT2D eigenvalue weighted by Gasteiger charge is 2.33. The van der Waals surface area contributed by atoms with Crippen molar-refractivity contribution in [3.8, 4) is 0 Å². The summed E-state index contributed by atoms with van der Waals surface area (Å²) >= 11 is 0. The molecule has 0 aliphatic carbocycles. The summed E-state index contributed by atoms with van der Waals surface area (Å²) in [6.45, 7) is 5.23. The lowest BCUT2D eigenvalue weighted by Crippen LogP contribution is -2.50. The van der Waals surface area contributed by atoms with Gasteiger partial charge < -0.3 is 15.2 Å². The molecule has 1 saturated heterocycles. The van der Waals surface area contributed by atoms with E-state index in [1.54, 1.807) is 13.0 Å². The number of rotatable bonds is 6. The zero-order chi connectivity index (χ0) is 16.9. The van der Waals surface area contributed by atoms with Crippen molar-refractivity contribution in [2.45, 2.75) is 25.2 Å². The minimum absolute atomic E-state index is 0.0644. The van der Waals surface area contributed by atoms with Crippen molar-refractivity contribution >= 4 is 0 Å². The van der Waals surface area contributed by atoms with E-state index in [0.29, 0.717) is 19.8 Å². The Balaban J connectivity index is 1.86. The summed E-state index contributed by atoms with van der Waals surface area (Å²) in [5.74, 6) is 0. The number of ether oxygens (including phenoxy) is 1. The Morgan fingerprint density at radius 3 is 2.52 bits per heavy atom. The maximum atomic E-state index is 12.9. The molecule has 1 aromatic rings. The van der Waals surface area contributed by atoms with Crippen LogP contribution in [0, 0.1) is 0 Å². The maximum absolute atomic E-state index is 12.9. The minimum Gasteiger partial charge on any atom is -0.388 e. The van der Waals surface area contributed by atoms with Gasteiger partial charge in [-0.2, -0.15) is 13.2 Å². The van der Waals surface area contributed by atoms with E-state index in [2.05, 4.69) is 10.2 Å². The van der Waals surface area contributed by atoms with Crippen molar-refractivity contribution < 1.29 is 23.0 Å². The summed E-state index contributed by atoms with van der Waals surface area (Å²) in [6.07, 6.45) is -4.37. The predicted molar refractivity (Wildman–Crippen MR) is 81.0 cm³/mol. The normalized spacial score (nSPS) is 19.5. The highest BCUT2D eigenvalue weighted by Crippen LogP contribution is 2.31. The molecular weight excluding hydrogens is 309 g/mol. The molecule has 0 radical (unpaired) electrons. The molecule has 0 bridgehead atoms. The van der Waals surface area contributed by atoms with Crippen molar-refractivity contribution in [3.63, 3.8) is 0 Å². The zero-order valence-electron chi connectivity index (χ0n) is 13.2. The van der Waals surface area contributed by atoms with E-state index in [1.165, 1.54) is 12.1 Å². The Morgan fingerprint density at radius 2 is 1.87 bits per heavy atom. The molecule has 2 N–H and O–H groups in total. The lowest BCUT2D eigenvalue weighted by molar-refractivity contribution is -0.138. The number of morpholine rings is 1. The van der Waals surface area contributed by atoms with Gasteiger partial charge in [-0.05, 0) is 18.6 Å². The van der Waals surface area contributed by atoms with Crippen LogP contribution in [0.3, 0.4) is 0 Å². The summed E-state index contributed by atoms with van der Waals surface area (Å²) in [7, 11) is 0. The van der Waals surface area contributed by atoms with E-state index in [0.717, 1.165) is 19.2 Å². The van der Waals surface area contributed by atoms with Crippen LogP contribution in [0.4, 0.5) is 13.2 Å². The summed E-state index contributed by atoms with van der Waals surface area (Å²) in [4.78, 5) is 2.09. The Hall–Kier alpha value is -1.15. The van der Waals surface area contributed by atoms with Crippen LogP contribution >= 0.6 is 0 Å². The second-order valence-electron chi connectivity index (χ2n) is 6.14. The Bertz CT molecular complexity index is 500. The van der Waals surface area contributed by atoms with Gasteiger partial charge in [-0.1, -0.05) is 18.2 Å². The van der Waals surface area contributed by atoms with Crippen LogP contribution in [0.2, 0.25) is 0 Å². The molecule has 0 amide bonds. The van der Waals surface area contributed by atoms with E-state index < -0.39 is 17.3 Å². The van der Waals surface area contributed by atoms with Gasteiger partial charge in [0, 0.05) is 32.7 Å². The fourth-order valence-corrected chi connectivity index (χ4v) is 2.71. The average molecular weight is 332 g/mol.